The number of aryl methyl sites for hydroxylation is 1. The summed E-state index contributed by atoms with van der Waals surface area (Å²) in [5, 5.41) is 11.0. The van der Waals surface area contributed by atoms with Crippen molar-refractivity contribution in [2.75, 3.05) is 6.61 Å². The Balaban J connectivity index is 2.18. The van der Waals surface area contributed by atoms with Crippen LogP contribution in [0.15, 0.2) is 53.5 Å². The standard InChI is InChI=1S/C17H15NO5/c1-3-10-22-17(19)9-7-14-6-8-16(23-14)13-5-4-12(2)15(11-13)18(20)21/h3-9,11H,1,10H2,2H3/b9-7+. The van der Waals surface area contributed by atoms with Crippen LogP contribution in [0.25, 0.3) is 17.4 Å². The molecule has 0 unspecified atom stereocenters. The van der Waals surface area contributed by atoms with E-state index in [0.29, 0.717) is 22.6 Å². The smallest absolute Gasteiger partial charge is 0.331 e. The number of furan rings is 1. The Morgan fingerprint density at radius 3 is 2.87 bits per heavy atom. The van der Waals surface area contributed by atoms with Crippen LogP contribution in [0.3, 0.4) is 0 Å². The predicted octanol–water partition coefficient (Wildman–Crippen LogP) is 3.91. The maximum absolute atomic E-state index is 11.3. The highest BCUT2D eigenvalue weighted by atomic mass is 16.6. The number of carbonyl (C=O) groups excluding carboxylic acids is 1. The summed E-state index contributed by atoms with van der Waals surface area (Å²) in [5.41, 5.74) is 1.20. The molecule has 0 saturated heterocycles. The molecule has 6 nitrogen and oxygen atoms in total. The number of hydrogen-bond donors (Lipinski definition) is 0. The minimum atomic E-state index is -0.506. The molecule has 118 valence electrons. The second-order valence-electron chi connectivity index (χ2n) is 4.71. The van der Waals surface area contributed by atoms with Crippen LogP contribution in [0, 0.1) is 17.0 Å². The van der Waals surface area contributed by atoms with Crippen molar-refractivity contribution in [2.45, 2.75) is 6.92 Å². The molecule has 0 saturated carbocycles. The normalized spacial score (nSPS) is 10.7. The van der Waals surface area contributed by atoms with Gasteiger partial charge < -0.3 is 9.15 Å². The molecule has 0 atom stereocenters. The lowest BCUT2D eigenvalue weighted by Crippen LogP contribution is -1.99. The van der Waals surface area contributed by atoms with E-state index >= 15 is 0 Å². The minimum absolute atomic E-state index is 0.0315. The molecule has 2 rings (SSSR count). The first-order valence-electron chi connectivity index (χ1n) is 6.82. The third-order valence-corrected chi connectivity index (χ3v) is 3.04. The van der Waals surface area contributed by atoms with E-state index in [0.717, 1.165) is 0 Å². The number of hydrogen-bond acceptors (Lipinski definition) is 5. The lowest BCUT2D eigenvalue weighted by molar-refractivity contribution is -0.385. The topological polar surface area (TPSA) is 82.6 Å². The first kappa shape index (κ1) is 16.2. The molecule has 0 N–H and O–H groups in total. The molecule has 0 bridgehead atoms. The predicted molar refractivity (Wildman–Crippen MR) is 85.7 cm³/mol. The van der Waals surface area contributed by atoms with Crippen LogP contribution in [-0.4, -0.2) is 17.5 Å². The summed E-state index contributed by atoms with van der Waals surface area (Å²) in [6, 6.07) is 8.21. The van der Waals surface area contributed by atoms with Gasteiger partial charge in [-0.2, -0.15) is 0 Å². The summed E-state index contributed by atoms with van der Waals surface area (Å²) in [4.78, 5) is 21.9. The van der Waals surface area contributed by atoms with Gasteiger partial charge in [0.1, 0.15) is 18.1 Å². The first-order valence-corrected chi connectivity index (χ1v) is 6.82. The average molecular weight is 313 g/mol. The Kier molecular flexibility index (Phi) is 5.09. The number of rotatable bonds is 6. The molecule has 6 heteroatoms. The third kappa shape index (κ3) is 4.16. The van der Waals surface area contributed by atoms with Crippen LogP contribution in [0.2, 0.25) is 0 Å². The summed E-state index contributed by atoms with van der Waals surface area (Å²) >= 11 is 0. The fourth-order valence-electron chi connectivity index (χ4n) is 1.90. The number of nitrogens with zero attached hydrogens (tertiary/aromatic N) is 1. The number of nitro benzene ring substituents is 1. The number of carbonyl (C=O) groups is 1. The van der Waals surface area contributed by atoms with Gasteiger partial charge in [0.25, 0.3) is 5.69 Å². The average Bonchev–Trinajstić information content (AvgIpc) is 3.00. The van der Waals surface area contributed by atoms with Crippen molar-refractivity contribution >= 4 is 17.7 Å². The Labute approximate surface area is 132 Å². The molecular formula is C17H15NO5. The van der Waals surface area contributed by atoms with Gasteiger partial charge in [0.05, 0.1) is 4.92 Å². The summed E-state index contributed by atoms with van der Waals surface area (Å²) < 4.78 is 10.4. The van der Waals surface area contributed by atoms with Crippen molar-refractivity contribution in [3.63, 3.8) is 0 Å². The van der Waals surface area contributed by atoms with Gasteiger partial charge in [-0.15, -0.1) is 0 Å². The Morgan fingerprint density at radius 1 is 1.39 bits per heavy atom. The van der Waals surface area contributed by atoms with Crippen molar-refractivity contribution < 1.29 is 18.9 Å². The highest BCUT2D eigenvalue weighted by Gasteiger charge is 2.13. The van der Waals surface area contributed by atoms with Crippen LogP contribution >= 0.6 is 0 Å². The minimum Gasteiger partial charge on any atom is -0.458 e. The number of benzene rings is 1. The van der Waals surface area contributed by atoms with E-state index in [2.05, 4.69) is 6.58 Å². The summed E-state index contributed by atoms with van der Waals surface area (Å²) in [5.74, 6) is 0.416. The quantitative estimate of drug-likeness (QED) is 0.265. The van der Waals surface area contributed by atoms with Crippen LogP contribution in [-0.2, 0) is 9.53 Å². The van der Waals surface area contributed by atoms with E-state index in [9.17, 15) is 14.9 Å². The van der Waals surface area contributed by atoms with Crippen molar-refractivity contribution in [2.24, 2.45) is 0 Å². The number of nitro groups is 1. The van der Waals surface area contributed by atoms with Crippen molar-refractivity contribution in [1.29, 1.82) is 0 Å². The molecule has 1 aromatic heterocycles. The molecular weight excluding hydrogens is 298 g/mol. The fraction of sp³-hybridized carbons (Fsp3) is 0.118. The zero-order chi connectivity index (χ0) is 16.8. The lowest BCUT2D eigenvalue weighted by Gasteiger charge is -2.00. The maximum atomic E-state index is 11.3. The molecule has 23 heavy (non-hydrogen) atoms. The number of esters is 1. The molecule has 1 heterocycles. The van der Waals surface area contributed by atoms with Gasteiger partial charge in [0.2, 0.25) is 0 Å². The molecule has 0 spiro atoms. The Bertz CT molecular complexity index is 773. The highest BCUT2D eigenvalue weighted by Crippen LogP contribution is 2.28. The van der Waals surface area contributed by atoms with Crippen molar-refractivity contribution in [1.82, 2.24) is 0 Å². The van der Waals surface area contributed by atoms with Gasteiger partial charge >= 0.3 is 5.97 Å². The first-order chi connectivity index (χ1) is 11.0. The van der Waals surface area contributed by atoms with Gasteiger partial charge in [0, 0.05) is 23.3 Å². The van der Waals surface area contributed by atoms with Crippen LogP contribution in [0.5, 0.6) is 0 Å². The second-order valence-corrected chi connectivity index (χ2v) is 4.71. The van der Waals surface area contributed by atoms with Gasteiger partial charge in [0.15, 0.2) is 0 Å². The van der Waals surface area contributed by atoms with Gasteiger partial charge in [-0.25, -0.2) is 4.79 Å². The van der Waals surface area contributed by atoms with Crippen LogP contribution in [0.4, 0.5) is 5.69 Å². The van der Waals surface area contributed by atoms with E-state index in [1.807, 2.05) is 0 Å². The van der Waals surface area contributed by atoms with Crippen LogP contribution in [0.1, 0.15) is 11.3 Å². The molecule has 0 amide bonds. The van der Waals surface area contributed by atoms with E-state index < -0.39 is 10.9 Å². The zero-order valence-electron chi connectivity index (χ0n) is 12.5. The fourth-order valence-corrected chi connectivity index (χ4v) is 1.90. The summed E-state index contributed by atoms with van der Waals surface area (Å²) in [6.07, 6.45) is 4.18. The molecule has 0 aliphatic rings. The Hall–Kier alpha value is -3.15. The van der Waals surface area contributed by atoms with Crippen LogP contribution < -0.4 is 0 Å². The molecule has 0 aliphatic carbocycles. The van der Waals surface area contributed by atoms with E-state index in [-0.39, 0.29) is 12.3 Å². The highest BCUT2D eigenvalue weighted by molar-refractivity contribution is 5.86. The van der Waals surface area contributed by atoms with Crippen molar-refractivity contribution in [3.8, 4) is 11.3 Å². The number of ether oxygens (including phenoxy) is 1. The lowest BCUT2D eigenvalue weighted by atomic mass is 10.1. The third-order valence-electron chi connectivity index (χ3n) is 3.04. The SMILES string of the molecule is C=CCOC(=O)/C=C/c1ccc(-c2ccc(C)c([N+](=O)[O-])c2)o1. The molecule has 0 aliphatic heterocycles. The molecule has 2 aromatic rings. The maximum Gasteiger partial charge on any atom is 0.331 e. The van der Waals surface area contributed by atoms with Gasteiger partial charge in [-0.05, 0) is 25.1 Å². The Morgan fingerprint density at radius 2 is 2.17 bits per heavy atom. The van der Waals surface area contributed by atoms with Gasteiger partial charge in [-0.1, -0.05) is 24.8 Å². The van der Waals surface area contributed by atoms with Crippen molar-refractivity contribution in [3.05, 3.63) is 70.5 Å². The van der Waals surface area contributed by atoms with Gasteiger partial charge in [-0.3, -0.25) is 10.1 Å². The van der Waals surface area contributed by atoms with E-state index in [1.165, 1.54) is 24.3 Å². The van der Waals surface area contributed by atoms with E-state index in [1.54, 1.807) is 31.2 Å². The molecule has 1 aromatic carbocycles. The van der Waals surface area contributed by atoms with E-state index in [4.69, 9.17) is 9.15 Å². The largest absolute Gasteiger partial charge is 0.458 e. The second kappa shape index (κ2) is 7.22. The molecule has 0 radical (unpaired) electrons. The zero-order valence-corrected chi connectivity index (χ0v) is 12.5. The summed E-state index contributed by atoms with van der Waals surface area (Å²) in [7, 11) is 0. The monoisotopic (exact) mass is 313 g/mol. The molecule has 0 fully saturated rings. The summed E-state index contributed by atoms with van der Waals surface area (Å²) in [6.45, 7) is 5.26.